The van der Waals surface area contributed by atoms with E-state index in [4.69, 9.17) is 28.4 Å². The first-order chi connectivity index (χ1) is 10.8. The minimum absolute atomic E-state index is 0.539. The zero-order valence-electron chi connectivity index (χ0n) is 13.2. The summed E-state index contributed by atoms with van der Waals surface area (Å²) in [4.78, 5) is 0. The van der Waals surface area contributed by atoms with Crippen LogP contribution in [0, 0.1) is 0 Å². The molecule has 0 atom stereocenters. The fourth-order valence-electron chi connectivity index (χ4n) is 0.966. The van der Waals surface area contributed by atoms with Gasteiger partial charge in [-0.05, 0) is 0 Å². The van der Waals surface area contributed by atoms with Gasteiger partial charge in [0.05, 0.1) is 51.5 Å². The van der Waals surface area contributed by atoms with Crippen molar-refractivity contribution >= 4 is 0 Å². The molecule has 6 heteroatoms. The largest absolute Gasteiger partial charge is 0.499 e. The molecule has 0 aliphatic rings. The first kappa shape index (κ1) is 22.4. The Morgan fingerprint density at radius 1 is 0.409 bits per heavy atom. The maximum Gasteiger partial charge on any atom is 0.111 e. The Morgan fingerprint density at radius 2 is 0.636 bits per heavy atom. The van der Waals surface area contributed by atoms with Crippen LogP contribution in [0.1, 0.15) is 0 Å². The fourth-order valence-corrected chi connectivity index (χ4v) is 0.966. The lowest BCUT2D eigenvalue weighted by atomic mass is 10.7. The van der Waals surface area contributed by atoms with E-state index in [9.17, 15) is 0 Å². The third kappa shape index (κ3) is 26.6. The average Bonchev–Trinajstić information content (AvgIpc) is 2.54. The van der Waals surface area contributed by atoms with Crippen molar-refractivity contribution in [3.8, 4) is 0 Å². The molecular weight excluding hydrogens is 288 g/mol. The van der Waals surface area contributed by atoms with E-state index in [0.29, 0.717) is 52.9 Å². The van der Waals surface area contributed by atoms with E-state index in [1.54, 1.807) is 0 Å². The molecule has 128 valence electrons. The predicted octanol–water partition coefficient (Wildman–Crippen LogP) is 2.65. The molecule has 0 aromatic heterocycles. The second kappa shape index (κ2) is 24.1. The monoisotopic (exact) mass is 316 g/mol. The van der Waals surface area contributed by atoms with E-state index in [1.165, 1.54) is 25.0 Å². The Morgan fingerprint density at radius 3 is 0.818 bits per heavy atom. The van der Waals surface area contributed by atoms with Crippen molar-refractivity contribution < 1.29 is 28.4 Å². The molecule has 0 amide bonds. The van der Waals surface area contributed by atoms with Gasteiger partial charge in [-0.1, -0.05) is 26.3 Å². The highest BCUT2D eigenvalue weighted by molar-refractivity contribution is 4.50. The first-order valence-electron chi connectivity index (χ1n) is 6.89. The molecule has 0 saturated heterocycles. The van der Waals surface area contributed by atoms with Gasteiger partial charge in [-0.3, -0.25) is 0 Å². The molecule has 0 aromatic rings. The fraction of sp³-hybridized carbons (Fsp3) is 0.500. The van der Waals surface area contributed by atoms with Crippen LogP contribution in [0.2, 0.25) is 0 Å². The minimum atomic E-state index is 0.539. The quantitative estimate of drug-likeness (QED) is 0.322. The molecule has 0 rings (SSSR count). The molecule has 6 nitrogen and oxygen atoms in total. The standard InChI is InChI=1S/2C8H14O3/c2*1-3-9-5-7-11-8-6-10-4-2/h2*3-4H,1-2,5-8H2. The molecule has 0 N–H and O–H groups in total. The van der Waals surface area contributed by atoms with E-state index in [2.05, 4.69) is 26.3 Å². The van der Waals surface area contributed by atoms with Gasteiger partial charge in [0.2, 0.25) is 0 Å². The highest BCUT2D eigenvalue weighted by atomic mass is 16.5. The van der Waals surface area contributed by atoms with Gasteiger partial charge in [0.25, 0.3) is 0 Å². The molecule has 0 saturated carbocycles. The van der Waals surface area contributed by atoms with Crippen LogP contribution in [0.15, 0.2) is 51.4 Å². The number of rotatable bonds is 16. The van der Waals surface area contributed by atoms with Gasteiger partial charge in [-0.15, -0.1) is 0 Å². The van der Waals surface area contributed by atoms with Crippen molar-refractivity contribution in [3.63, 3.8) is 0 Å². The lowest BCUT2D eigenvalue weighted by Gasteiger charge is -2.02. The smallest absolute Gasteiger partial charge is 0.111 e. The summed E-state index contributed by atoms with van der Waals surface area (Å²) in [5.74, 6) is 0. The molecule has 0 unspecified atom stereocenters. The molecule has 0 aliphatic carbocycles. The minimum Gasteiger partial charge on any atom is -0.499 e. The highest BCUT2D eigenvalue weighted by Crippen LogP contribution is 1.81. The maximum absolute atomic E-state index is 5.09. The second-order valence-corrected chi connectivity index (χ2v) is 3.37. The average molecular weight is 316 g/mol. The first-order valence-corrected chi connectivity index (χ1v) is 6.89. The topological polar surface area (TPSA) is 55.4 Å². The van der Waals surface area contributed by atoms with E-state index < -0.39 is 0 Å². The van der Waals surface area contributed by atoms with Crippen LogP contribution >= 0.6 is 0 Å². The normalized spacial score (nSPS) is 8.73. The lowest BCUT2D eigenvalue weighted by molar-refractivity contribution is 0.0560. The van der Waals surface area contributed by atoms with Crippen molar-refractivity contribution in [2.75, 3.05) is 52.9 Å². The zero-order chi connectivity index (χ0) is 16.7. The Labute approximate surface area is 133 Å². The van der Waals surface area contributed by atoms with E-state index in [0.717, 1.165) is 0 Å². The molecule has 0 fully saturated rings. The summed E-state index contributed by atoms with van der Waals surface area (Å²) < 4.78 is 29.5. The van der Waals surface area contributed by atoms with Crippen LogP contribution < -0.4 is 0 Å². The van der Waals surface area contributed by atoms with Crippen LogP contribution in [0.3, 0.4) is 0 Å². The molecule has 0 heterocycles. The van der Waals surface area contributed by atoms with Crippen LogP contribution in [0.25, 0.3) is 0 Å². The van der Waals surface area contributed by atoms with Crippen LogP contribution in [-0.4, -0.2) is 52.9 Å². The van der Waals surface area contributed by atoms with Crippen molar-refractivity contribution in [1.82, 2.24) is 0 Å². The zero-order valence-corrected chi connectivity index (χ0v) is 13.2. The highest BCUT2D eigenvalue weighted by Gasteiger charge is 1.86. The molecule has 0 radical (unpaired) electrons. The van der Waals surface area contributed by atoms with Crippen molar-refractivity contribution in [2.24, 2.45) is 0 Å². The Kier molecular flexibility index (Phi) is 24.5. The predicted molar refractivity (Wildman–Crippen MR) is 86.2 cm³/mol. The third-order valence-corrected chi connectivity index (χ3v) is 1.85. The van der Waals surface area contributed by atoms with Gasteiger partial charge >= 0.3 is 0 Å². The van der Waals surface area contributed by atoms with Crippen molar-refractivity contribution in [1.29, 1.82) is 0 Å². The summed E-state index contributed by atoms with van der Waals surface area (Å²) in [5.41, 5.74) is 0. The SMILES string of the molecule is C=COCCOCCOC=C.C=COCCOCCOC=C. The van der Waals surface area contributed by atoms with Gasteiger partial charge in [-0.2, -0.15) is 0 Å². The number of hydrogen-bond donors (Lipinski definition) is 0. The summed E-state index contributed by atoms with van der Waals surface area (Å²) in [5, 5.41) is 0. The van der Waals surface area contributed by atoms with Gasteiger partial charge in [-0.25, -0.2) is 0 Å². The van der Waals surface area contributed by atoms with Gasteiger partial charge < -0.3 is 28.4 Å². The molecular formula is C16H28O6. The molecule has 0 bridgehead atoms. The molecule has 0 spiro atoms. The summed E-state index contributed by atoms with van der Waals surface area (Å²) >= 11 is 0. The third-order valence-electron chi connectivity index (χ3n) is 1.85. The molecule has 22 heavy (non-hydrogen) atoms. The Hall–Kier alpha value is -1.92. The van der Waals surface area contributed by atoms with Crippen LogP contribution in [0.5, 0.6) is 0 Å². The number of hydrogen-bond acceptors (Lipinski definition) is 6. The van der Waals surface area contributed by atoms with Crippen LogP contribution in [-0.2, 0) is 28.4 Å². The maximum atomic E-state index is 5.09. The van der Waals surface area contributed by atoms with Gasteiger partial charge in [0, 0.05) is 0 Å². The van der Waals surface area contributed by atoms with E-state index in [1.807, 2.05) is 0 Å². The summed E-state index contributed by atoms with van der Waals surface area (Å²) in [6, 6.07) is 0. The van der Waals surface area contributed by atoms with Gasteiger partial charge in [0.1, 0.15) is 26.4 Å². The Bertz CT molecular complexity index is 205. The summed E-state index contributed by atoms with van der Waals surface area (Å²) in [6.07, 6.45) is 5.57. The van der Waals surface area contributed by atoms with Crippen molar-refractivity contribution in [2.45, 2.75) is 0 Å². The molecule has 0 aliphatic heterocycles. The number of ether oxygens (including phenoxy) is 6. The van der Waals surface area contributed by atoms with E-state index in [-0.39, 0.29) is 0 Å². The van der Waals surface area contributed by atoms with Crippen LogP contribution in [0.4, 0.5) is 0 Å². The molecule has 0 aromatic carbocycles. The van der Waals surface area contributed by atoms with Crippen molar-refractivity contribution in [3.05, 3.63) is 51.4 Å². The summed E-state index contributed by atoms with van der Waals surface area (Å²) in [7, 11) is 0. The summed E-state index contributed by atoms with van der Waals surface area (Å²) in [6.45, 7) is 18.0. The van der Waals surface area contributed by atoms with E-state index >= 15 is 0 Å². The lowest BCUT2D eigenvalue weighted by Crippen LogP contribution is -2.06. The second-order valence-electron chi connectivity index (χ2n) is 3.37. The Balaban J connectivity index is 0. The van der Waals surface area contributed by atoms with Gasteiger partial charge in [0.15, 0.2) is 0 Å².